The summed E-state index contributed by atoms with van der Waals surface area (Å²) in [6.07, 6.45) is 6.31. The molecule has 0 aliphatic carbocycles. The number of carbonyl (C=O) groups is 2. The summed E-state index contributed by atoms with van der Waals surface area (Å²) < 4.78 is 30.5. The second kappa shape index (κ2) is 11.9. The fourth-order valence-corrected chi connectivity index (χ4v) is 7.86. The fourth-order valence-electron chi connectivity index (χ4n) is 6.71. The summed E-state index contributed by atoms with van der Waals surface area (Å²) >= 11 is 1.60. The van der Waals surface area contributed by atoms with Crippen LogP contribution >= 0.6 is 11.8 Å². The Labute approximate surface area is 292 Å². The predicted molar refractivity (Wildman–Crippen MR) is 188 cm³/mol. The summed E-state index contributed by atoms with van der Waals surface area (Å²) in [5.74, 6) is -0.0167. The maximum atomic E-state index is 13.4. The van der Waals surface area contributed by atoms with Gasteiger partial charge in [0.05, 0.1) is 25.1 Å². The van der Waals surface area contributed by atoms with Gasteiger partial charge in [-0.05, 0) is 73.5 Å². The van der Waals surface area contributed by atoms with E-state index in [4.69, 9.17) is 23.0 Å². The number of fused-ring (bicyclic) bond motifs is 4. The molecule has 8 heteroatoms. The molecule has 2 aliphatic heterocycles. The lowest BCUT2D eigenvalue weighted by atomic mass is 9.77. The first-order chi connectivity index (χ1) is 24.2. The largest absolute Gasteiger partial charge is 0.472 e. The Balaban J connectivity index is 1.36. The Morgan fingerprint density at radius 3 is 1.74 bits per heavy atom. The molecule has 0 N–H and O–H groups in total. The second-order valence-electron chi connectivity index (χ2n) is 12.3. The van der Waals surface area contributed by atoms with E-state index >= 15 is 0 Å². The van der Waals surface area contributed by atoms with Gasteiger partial charge in [-0.3, -0.25) is 0 Å². The molecule has 2 atom stereocenters. The monoisotopic (exact) mass is 678 g/mol. The number of para-hydroxylation sites is 1. The number of ether oxygens (including phenoxy) is 3. The minimum Gasteiger partial charge on any atom is -0.472 e. The van der Waals surface area contributed by atoms with E-state index in [0.29, 0.717) is 33.8 Å². The van der Waals surface area contributed by atoms with Crippen molar-refractivity contribution in [3.05, 3.63) is 180 Å². The number of furan rings is 2. The quantitative estimate of drug-likeness (QED) is 0.122. The van der Waals surface area contributed by atoms with Crippen molar-refractivity contribution in [2.45, 2.75) is 34.8 Å². The van der Waals surface area contributed by atoms with E-state index in [2.05, 4.69) is 13.2 Å². The highest BCUT2D eigenvalue weighted by molar-refractivity contribution is 7.99. The molecule has 246 valence electrons. The predicted octanol–water partition coefficient (Wildman–Crippen LogP) is 9.93. The zero-order valence-electron chi connectivity index (χ0n) is 27.2. The molecule has 0 amide bonds. The van der Waals surface area contributed by atoms with Crippen molar-refractivity contribution in [3.63, 3.8) is 0 Å². The van der Waals surface area contributed by atoms with Gasteiger partial charge in [0.2, 0.25) is 0 Å². The maximum Gasteiger partial charge on any atom is 0.334 e. The molecule has 0 bridgehead atoms. The van der Waals surface area contributed by atoms with Crippen LogP contribution in [0.4, 0.5) is 0 Å². The van der Waals surface area contributed by atoms with Gasteiger partial charge in [-0.15, -0.1) is 0 Å². The molecule has 0 saturated heterocycles. The van der Waals surface area contributed by atoms with Gasteiger partial charge < -0.3 is 23.0 Å². The first-order valence-electron chi connectivity index (χ1n) is 15.9. The number of esters is 2. The van der Waals surface area contributed by atoms with Gasteiger partial charge in [0.25, 0.3) is 0 Å². The number of hydrogen-bond acceptors (Lipinski definition) is 8. The molecule has 0 spiro atoms. The molecule has 6 aromatic rings. The fraction of sp³-hybridized carbons (Fsp3) is 0.0952. The van der Waals surface area contributed by atoms with Crippen LogP contribution in [0.2, 0.25) is 0 Å². The van der Waals surface area contributed by atoms with Crippen LogP contribution in [0.3, 0.4) is 0 Å². The van der Waals surface area contributed by atoms with Crippen LogP contribution < -0.4 is 4.74 Å². The Morgan fingerprint density at radius 1 is 0.600 bits per heavy atom. The SMILES string of the molecule is C=C(C)C(=O)OC1(c2ccoc2)c2ccccc2Oc2ccc(-c3ccc4c(c3)C(OC(=O)C(=C)C)(c3ccoc3)c3ccccc3S4)cc21. The molecule has 2 aromatic heterocycles. The van der Waals surface area contributed by atoms with Crippen LogP contribution in [0, 0.1) is 0 Å². The minimum absolute atomic E-state index is 0.252. The van der Waals surface area contributed by atoms with Crippen LogP contribution in [0.1, 0.15) is 47.2 Å². The van der Waals surface area contributed by atoms with E-state index < -0.39 is 23.1 Å². The average molecular weight is 679 g/mol. The molecule has 2 aliphatic rings. The summed E-state index contributed by atoms with van der Waals surface area (Å²) in [6.45, 7) is 11.0. The van der Waals surface area contributed by atoms with E-state index in [1.54, 1.807) is 56.7 Å². The van der Waals surface area contributed by atoms with Gasteiger partial charge >= 0.3 is 11.9 Å². The third-order valence-corrected chi connectivity index (χ3v) is 10.2. The van der Waals surface area contributed by atoms with Crippen LogP contribution in [-0.2, 0) is 30.3 Å². The topological polar surface area (TPSA) is 88.1 Å². The number of hydrogen-bond donors (Lipinski definition) is 0. The van der Waals surface area contributed by atoms with Crippen molar-refractivity contribution in [2.24, 2.45) is 0 Å². The molecule has 0 saturated carbocycles. The Bertz CT molecular complexity index is 2170. The summed E-state index contributed by atoms with van der Waals surface area (Å²) in [5, 5.41) is 0. The van der Waals surface area contributed by atoms with Crippen molar-refractivity contribution < 1.29 is 32.6 Å². The van der Waals surface area contributed by atoms with Crippen LogP contribution in [0.15, 0.2) is 165 Å². The van der Waals surface area contributed by atoms with Gasteiger partial charge in [-0.2, -0.15) is 0 Å². The van der Waals surface area contributed by atoms with Crippen molar-refractivity contribution in [3.8, 4) is 22.6 Å². The molecule has 7 nitrogen and oxygen atoms in total. The highest BCUT2D eigenvalue weighted by Gasteiger charge is 2.50. The molecular formula is C42H30O7S. The zero-order chi connectivity index (χ0) is 34.6. The van der Waals surface area contributed by atoms with E-state index in [0.717, 1.165) is 32.0 Å². The van der Waals surface area contributed by atoms with E-state index in [-0.39, 0.29) is 11.1 Å². The van der Waals surface area contributed by atoms with Gasteiger partial charge in [0.15, 0.2) is 11.2 Å². The summed E-state index contributed by atoms with van der Waals surface area (Å²) in [4.78, 5) is 28.7. The molecule has 4 heterocycles. The Hall–Kier alpha value is -5.99. The van der Waals surface area contributed by atoms with Gasteiger partial charge in [0.1, 0.15) is 11.5 Å². The molecule has 4 aromatic carbocycles. The average Bonchev–Trinajstić information content (AvgIpc) is 3.87. The Morgan fingerprint density at radius 2 is 1.12 bits per heavy atom. The highest BCUT2D eigenvalue weighted by atomic mass is 32.2. The van der Waals surface area contributed by atoms with Crippen molar-refractivity contribution >= 4 is 23.7 Å². The molecule has 0 fully saturated rings. The van der Waals surface area contributed by atoms with Crippen LogP contribution in [0.5, 0.6) is 11.5 Å². The van der Waals surface area contributed by atoms with Crippen molar-refractivity contribution in [1.29, 1.82) is 0 Å². The summed E-state index contributed by atoms with van der Waals surface area (Å²) in [7, 11) is 0. The lowest BCUT2D eigenvalue weighted by Gasteiger charge is -2.40. The molecular weight excluding hydrogens is 649 g/mol. The van der Waals surface area contributed by atoms with Gasteiger partial charge in [-0.25, -0.2) is 9.59 Å². The van der Waals surface area contributed by atoms with Gasteiger partial charge in [0, 0.05) is 54.3 Å². The second-order valence-corrected chi connectivity index (χ2v) is 13.4. The third kappa shape index (κ3) is 4.75. The molecule has 2 unspecified atom stereocenters. The Kier molecular flexibility index (Phi) is 7.42. The smallest absolute Gasteiger partial charge is 0.334 e. The van der Waals surface area contributed by atoms with Crippen LogP contribution in [-0.4, -0.2) is 11.9 Å². The van der Waals surface area contributed by atoms with E-state index in [1.165, 1.54) is 0 Å². The first-order valence-corrected chi connectivity index (χ1v) is 16.7. The lowest BCUT2D eigenvalue weighted by Crippen LogP contribution is -2.38. The lowest BCUT2D eigenvalue weighted by molar-refractivity contribution is -0.149. The maximum absolute atomic E-state index is 13.4. The first kappa shape index (κ1) is 31.3. The van der Waals surface area contributed by atoms with Gasteiger partial charge in [-0.1, -0.05) is 73.5 Å². The van der Waals surface area contributed by atoms with Crippen molar-refractivity contribution in [2.75, 3.05) is 0 Å². The minimum atomic E-state index is -1.41. The zero-order valence-corrected chi connectivity index (χ0v) is 28.0. The number of carbonyl (C=O) groups excluding carboxylic acids is 2. The summed E-state index contributed by atoms with van der Waals surface area (Å²) in [5.41, 5.74) is 3.54. The van der Waals surface area contributed by atoms with E-state index in [9.17, 15) is 9.59 Å². The standard InChI is InChI=1S/C42H30O7S/c1-25(2)39(43)48-41(29-17-19-45-23-29)31-9-5-7-11-35(31)47-36-15-13-27(21-33(36)41)28-14-16-38-34(22-28)42(30-18-20-46-24-30,49-40(44)26(3)4)32-10-6-8-12-37(32)50-38/h5-24H,1,3H2,2,4H3. The van der Waals surface area contributed by atoms with Crippen LogP contribution in [0.25, 0.3) is 11.1 Å². The number of rotatable bonds is 7. The summed E-state index contributed by atoms with van der Waals surface area (Å²) in [6, 6.07) is 30.9. The molecule has 0 radical (unpaired) electrons. The van der Waals surface area contributed by atoms with Crippen molar-refractivity contribution in [1.82, 2.24) is 0 Å². The molecule has 8 rings (SSSR count). The number of benzene rings is 4. The van der Waals surface area contributed by atoms with E-state index in [1.807, 2.05) is 91.0 Å². The third-order valence-electron chi connectivity index (χ3n) is 9.07. The molecule has 50 heavy (non-hydrogen) atoms. The highest BCUT2D eigenvalue weighted by Crippen LogP contribution is 2.56. The normalized spacial score (nSPS) is 18.4.